The van der Waals surface area contributed by atoms with Crippen molar-refractivity contribution in [2.45, 2.75) is 5.92 Å². The Morgan fingerprint density at radius 3 is 1.89 bits per heavy atom. The number of thiol groups is 3. The summed E-state index contributed by atoms with van der Waals surface area (Å²) in [4.78, 5) is 0. The molecule has 1 aliphatic heterocycles. The van der Waals surface area contributed by atoms with Crippen LogP contribution in [0.25, 0.3) is 0 Å². The quantitative estimate of drug-likeness (QED) is 0.419. The largest absolute Gasteiger partial charge is 0.274 e. The Labute approximate surface area is 64.9 Å². The van der Waals surface area contributed by atoms with E-state index in [-0.39, 0.29) is 13.1 Å². The van der Waals surface area contributed by atoms with Gasteiger partial charge in [-0.15, -0.1) is 32.5 Å². The minimum absolute atomic E-state index is 0.175. The molecule has 0 aromatic rings. The molecule has 6 heteroatoms. The van der Waals surface area contributed by atoms with E-state index in [9.17, 15) is 8.78 Å². The second-order valence-corrected chi connectivity index (χ2v) is 6.27. The lowest BCUT2D eigenvalue weighted by Gasteiger charge is -2.41. The van der Waals surface area contributed by atoms with Crippen molar-refractivity contribution in [2.75, 3.05) is 13.1 Å². The van der Waals surface area contributed by atoms with Gasteiger partial charge >= 0.3 is 0 Å². The molecule has 0 bridgehead atoms. The fraction of sp³-hybridized carbons (Fsp3) is 1.00. The zero-order chi connectivity index (χ0) is 7.07. The topological polar surface area (TPSA) is 3.24 Å². The molecular weight excluding hydrogens is 184 g/mol. The Hall–Kier alpha value is 0.870. The summed E-state index contributed by atoms with van der Waals surface area (Å²) in [5.41, 5.74) is 0. The number of halogens is 2. The summed E-state index contributed by atoms with van der Waals surface area (Å²) in [6, 6.07) is 0. The monoisotopic (exact) mass is 191 g/mol. The molecule has 1 saturated heterocycles. The zero-order valence-corrected chi connectivity index (χ0v) is 7.14. The van der Waals surface area contributed by atoms with E-state index in [4.69, 9.17) is 0 Å². The van der Waals surface area contributed by atoms with Crippen LogP contribution in [0.1, 0.15) is 0 Å². The Morgan fingerprint density at radius 1 is 1.33 bits per heavy atom. The van der Waals surface area contributed by atoms with Crippen molar-refractivity contribution < 1.29 is 8.78 Å². The third-order valence-electron chi connectivity index (χ3n) is 1.08. The van der Waals surface area contributed by atoms with Gasteiger partial charge in [-0.2, -0.15) is 0 Å². The molecule has 0 amide bonds. The second kappa shape index (κ2) is 2.48. The standard InChI is InChI=1S/C3H7F2NS3/c4-3(5)1-6(2-3)9(7)8/h7-9H,1-2H2. The third kappa shape index (κ3) is 1.89. The van der Waals surface area contributed by atoms with Crippen molar-refractivity contribution >= 4 is 32.5 Å². The highest BCUT2D eigenvalue weighted by atomic mass is 33.5. The first-order chi connectivity index (χ1) is 4.01. The van der Waals surface area contributed by atoms with E-state index in [1.807, 2.05) is 0 Å². The number of rotatable bonds is 1. The van der Waals surface area contributed by atoms with Gasteiger partial charge in [0.05, 0.1) is 13.1 Å². The van der Waals surface area contributed by atoms with Gasteiger partial charge in [0, 0.05) is 0 Å². The highest BCUT2D eigenvalue weighted by Crippen LogP contribution is 2.46. The first-order valence-electron chi connectivity index (χ1n) is 2.32. The zero-order valence-electron chi connectivity index (χ0n) is 4.46. The normalized spacial score (nSPS) is 27.3. The smallest absolute Gasteiger partial charge is 0.242 e. The maximum absolute atomic E-state index is 12.0. The highest BCUT2D eigenvalue weighted by Gasteiger charge is 2.44. The SMILES string of the molecule is FC1(F)CN([SH](S)S)C1. The fourth-order valence-electron chi connectivity index (χ4n) is 0.614. The Balaban J connectivity index is 2.27. The van der Waals surface area contributed by atoms with E-state index >= 15 is 0 Å². The van der Waals surface area contributed by atoms with Crippen molar-refractivity contribution in [3.63, 3.8) is 0 Å². The predicted molar refractivity (Wildman–Crippen MR) is 43.5 cm³/mol. The summed E-state index contributed by atoms with van der Waals surface area (Å²) >= 11 is 7.85. The molecule has 0 unspecified atom stereocenters. The lowest BCUT2D eigenvalue weighted by molar-refractivity contribution is -0.0901. The minimum atomic E-state index is -2.48. The first kappa shape index (κ1) is 7.97. The fourth-order valence-corrected chi connectivity index (χ4v) is 2.04. The van der Waals surface area contributed by atoms with Gasteiger partial charge in [0.15, 0.2) is 0 Å². The molecule has 9 heavy (non-hydrogen) atoms. The first-order valence-corrected chi connectivity index (χ1v) is 5.92. The van der Waals surface area contributed by atoms with E-state index in [0.717, 1.165) is 0 Å². The number of hydrogen-bond acceptors (Lipinski definition) is 3. The van der Waals surface area contributed by atoms with Crippen LogP contribution in [0.4, 0.5) is 8.78 Å². The molecule has 0 spiro atoms. The average Bonchev–Trinajstić information content (AvgIpc) is 1.59. The summed E-state index contributed by atoms with van der Waals surface area (Å²) in [6.45, 7) is -0.350. The Kier molecular flexibility index (Phi) is 2.20. The molecule has 0 aromatic heterocycles. The molecule has 56 valence electrons. The van der Waals surface area contributed by atoms with Crippen LogP contribution in [-0.2, 0) is 0 Å². The molecule has 0 aromatic carbocycles. The third-order valence-corrected chi connectivity index (χ3v) is 3.39. The van der Waals surface area contributed by atoms with Gasteiger partial charge in [0.2, 0.25) is 0 Å². The Morgan fingerprint density at radius 2 is 1.78 bits per heavy atom. The van der Waals surface area contributed by atoms with Gasteiger partial charge in [-0.25, -0.2) is 13.1 Å². The van der Waals surface area contributed by atoms with Crippen molar-refractivity contribution in [3.05, 3.63) is 0 Å². The van der Waals surface area contributed by atoms with Crippen LogP contribution in [-0.4, -0.2) is 23.3 Å². The molecule has 1 aliphatic rings. The summed E-state index contributed by atoms with van der Waals surface area (Å²) in [7, 11) is -0.891. The van der Waals surface area contributed by atoms with Crippen LogP contribution in [0.15, 0.2) is 0 Å². The summed E-state index contributed by atoms with van der Waals surface area (Å²) in [5, 5.41) is 0. The molecule has 0 radical (unpaired) electrons. The highest BCUT2D eigenvalue weighted by molar-refractivity contribution is 9.08. The van der Waals surface area contributed by atoms with Crippen molar-refractivity contribution in [3.8, 4) is 0 Å². The van der Waals surface area contributed by atoms with Crippen LogP contribution in [0, 0.1) is 0 Å². The van der Waals surface area contributed by atoms with Crippen molar-refractivity contribution in [1.82, 2.24) is 4.31 Å². The van der Waals surface area contributed by atoms with Gasteiger partial charge in [-0.1, -0.05) is 0 Å². The van der Waals surface area contributed by atoms with Crippen molar-refractivity contribution in [1.29, 1.82) is 0 Å². The van der Waals surface area contributed by atoms with E-state index in [1.165, 1.54) is 0 Å². The van der Waals surface area contributed by atoms with Crippen LogP contribution in [0.2, 0.25) is 0 Å². The van der Waals surface area contributed by atoms with Crippen LogP contribution in [0.5, 0.6) is 0 Å². The van der Waals surface area contributed by atoms with Gasteiger partial charge in [0.1, 0.15) is 0 Å². The lowest BCUT2D eigenvalue weighted by Crippen LogP contribution is -2.52. The lowest BCUT2D eigenvalue weighted by atomic mass is 10.2. The Bertz CT molecular complexity index is 110. The molecule has 1 fully saturated rings. The molecular formula is C3H7F2NS3. The van der Waals surface area contributed by atoms with Crippen LogP contribution < -0.4 is 0 Å². The van der Waals surface area contributed by atoms with E-state index in [1.54, 1.807) is 4.31 Å². The van der Waals surface area contributed by atoms with Crippen molar-refractivity contribution in [2.24, 2.45) is 0 Å². The van der Waals surface area contributed by atoms with Crippen LogP contribution >= 0.6 is 32.5 Å². The van der Waals surface area contributed by atoms with Gasteiger partial charge in [0.25, 0.3) is 5.92 Å². The van der Waals surface area contributed by atoms with Gasteiger partial charge in [-0.3, -0.25) is 0 Å². The maximum atomic E-state index is 12.0. The number of alkyl halides is 2. The molecule has 0 atom stereocenters. The molecule has 1 heterocycles. The molecule has 0 aliphatic carbocycles. The minimum Gasteiger partial charge on any atom is -0.242 e. The predicted octanol–water partition coefficient (Wildman–Crippen LogP) is 1.54. The molecule has 1 rings (SSSR count). The average molecular weight is 191 g/mol. The van der Waals surface area contributed by atoms with Crippen LogP contribution in [0.3, 0.4) is 0 Å². The van der Waals surface area contributed by atoms with E-state index < -0.39 is 15.1 Å². The summed E-state index contributed by atoms with van der Waals surface area (Å²) in [5.74, 6) is -2.48. The molecule has 0 N–H and O–H groups in total. The maximum Gasteiger partial charge on any atom is 0.274 e. The molecule has 1 nitrogen and oxygen atoms in total. The second-order valence-electron chi connectivity index (χ2n) is 1.95. The number of hydrogen-bond donors (Lipinski definition) is 3. The van der Waals surface area contributed by atoms with Gasteiger partial charge in [-0.05, 0) is 0 Å². The molecule has 0 saturated carbocycles. The van der Waals surface area contributed by atoms with Gasteiger partial charge < -0.3 is 0 Å². The summed E-state index contributed by atoms with van der Waals surface area (Å²) in [6.07, 6.45) is 0. The van der Waals surface area contributed by atoms with E-state index in [2.05, 4.69) is 23.3 Å². The number of nitrogens with zero attached hydrogens (tertiary/aromatic N) is 1. The summed E-state index contributed by atoms with van der Waals surface area (Å²) < 4.78 is 25.6. The van der Waals surface area contributed by atoms with E-state index in [0.29, 0.717) is 0 Å².